The second-order valence-electron chi connectivity index (χ2n) is 4.50. The van der Waals surface area contributed by atoms with Crippen LogP contribution in [0.5, 0.6) is 0 Å². The molecule has 0 unspecified atom stereocenters. The quantitative estimate of drug-likeness (QED) is 0.746. The first-order valence-corrected chi connectivity index (χ1v) is 5.98. The molecule has 0 saturated heterocycles. The van der Waals surface area contributed by atoms with Crippen LogP contribution in [0.2, 0.25) is 0 Å². The summed E-state index contributed by atoms with van der Waals surface area (Å²) in [5, 5.41) is 10.2. The van der Waals surface area contributed by atoms with Crippen molar-refractivity contribution in [3.63, 3.8) is 0 Å². The van der Waals surface area contributed by atoms with E-state index >= 15 is 0 Å². The lowest BCUT2D eigenvalue weighted by atomic mass is 10.1. The number of furan rings is 1. The minimum absolute atomic E-state index is 0.248. The van der Waals surface area contributed by atoms with E-state index in [-0.39, 0.29) is 5.56 Å². The lowest BCUT2D eigenvalue weighted by molar-refractivity contribution is 0.0697. The van der Waals surface area contributed by atoms with Gasteiger partial charge in [-0.15, -0.1) is 0 Å². The van der Waals surface area contributed by atoms with Crippen molar-refractivity contribution < 1.29 is 14.3 Å². The van der Waals surface area contributed by atoms with E-state index in [1.54, 1.807) is 24.3 Å². The molecule has 0 aliphatic rings. The summed E-state index contributed by atoms with van der Waals surface area (Å²) in [5.74, 6) is -0.370. The summed E-state index contributed by atoms with van der Waals surface area (Å²) in [5.41, 5.74) is 2.76. The van der Waals surface area contributed by atoms with Gasteiger partial charge in [0.1, 0.15) is 11.3 Å². The molecule has 0 fully saturated rings. The molecule has 0 saturated carbocycles. The first kappa shape index (κ1) is 11.5. The molecule has 0 aliphatic carbocycles. The zero-order chi connectivity index (χ0) is 13.4. The average molecular weight is 252 g/mol. The first-order valence-electron chi connectivity index (χ1n) is 5.98. The lowest BCUT2D eigenvalue weighted by Gasteiger charge is -2.01. The highest BCUT2D eigenvalue weighted by Crippen LogP contribution is 2.30. The molecule has 0 amide bonds. The molecule has 3 rings (SSSR count). The van der Waals surface area contributed by atoms with Crippen LogP contribution in [0.15, 0.2) is 52.9 Å². The molecule has 3 nitrogen and oxygen atoms in total. The van der Waals surface area contributed by atoms with Crippen LogP contribution in [0.1, 0.15) is 15.9 Å². The topological polar surface area (TPSA) is 50.4 Å². The lowest BCUT2D eigenvalue weighted by Crippen LogP contribution is -1.98. The normalized spacial score (nSPS) is 10.8. The zero-order valence-electron chi connectivity index (χ0n) is 10.4. The summed E-state index contributed by atoms with van der Waals surface area (Å²) in [6.45, 7) is 2.01. The Morgan fingerprint density at radius 3 is 2.68 bits per heavy atom. The van der Waals surface area contributed by atoms with Gasteiger partial charge >= 0.3 is 5.97 Å². The molecular weight excluding hydrogens is 240 g/mol. The standard InChI is InChI=1S/C16H12O3/c1-10-6-7-14-11(8-10)9-15(19-14)12-4-2-3-5-13(12)16(17)18/h2-9H,1H3,(H,17,18). The van der Waals surface area contributed by atoms with Crippen LogP contribution in [-0.4, -0.2) is 11.1 Å². The predicted molar refractivity (Wildman–Crippen MR) is 73.3 cm³/mol. The Kier molecular flexibility index (Phi) is 2.60. The van der Waals surface area contributed by atoms with Crippen LogP contribution in [-0.2, 0) is 0 Å². The smallest absolute Gasteiger partial charge is 0.336 e. The maximum Gasteiger partial charge on any atom is 0.336 e. The number of hydrogen-bond acceptors (Lipinski definition) is 2. The van der Waals surface area contributed by atoms with Crippen LogP contribution < -0.4 is 0 Å². The van der Waals surface area contributed by atoms with Crippen molar-refractivity contribution >= 4 is 16.9 Å². The highest BCUT2D eigenvalue weighted by atomic mass is 16.4. The Hall–Kier alpha value is -2.55. The number of rotatable bonds is 2. The molecular formula is C16H12O3. The van der Waals surface area contributed by atoms with Crippen molar-refractivity contribution in [1.82, 2.24) is 0 Å². The number of carbonyl (C=O) groups is 1. The molecule has 0 atom stereocenters. The fourth-order valence-electron chi connectivity index (χ4n) is 2.18. The van der Waals surface area contributed by atoms with E-state index in [0.717, 1.165) is 16.5 Å². The highest BCUT2D eigenvalue weighted by molar-refractivity contribution is 5.96. The minimum atomic E-state index is -0.952. The summed E-state index contributed by atoms with van der Waals surface area (Å²) >= 11 is 0. The van der Waals surface area contributed by atoms with E-state index in [9.17, 15) is 9.90 Å². The molecule has 0 bridgehead atoms. The molecule has 94 valence electrons. The number of aromatic carboxylic acids is 1. The number of carboxylic acid groups (broad SMARTS) is 1. The molecule has 2 aromatic carbocycles. The summed E-state index contributed by atoms with van der Waals surface area (Å²) in [7, 11) is 0. The Morgan fingerprint density at radius 2 is 1.89 bits per heavy atom. The Balaban J connectivity index is 2.22. The second-order valence-corrected chi connectivity index (χ2v) is 4.50. The van der Waals surface area contributed by atoms with Gasteiger partial charge in [0.2, 0.25) is 0 Å². The largest absolute Gasteiger partial charge is 0.478 e. The van der Waals surface area contributed by atoms with Crippen molar-refractivity contribution in [2.45, 2.75) is 6.92 Å². The van der Waals surface area contributed by atoms with Gasteiger partial charge in [0.15, 0.2) is 0 Å². The van der Waals surface area contributed by atoms with Crippen molar-refractivity contribution in [3.8, 4) is 11.3 Å². The molecule has 1 aromatic heterocycles. The molecule has 0 spiro atoms. The highest BCUT2D eigenvalue weighted by Gasteiger charge is 2.14. The number of benzene rings is 2. The predicted octanol–water partition coefficient (Wildman–Crippen LogP) is 4.11. The molecule has 3 aromatic rings. The van der Waals surface area contributed by atoms with Gasteiger partial charge in [0, 0.05) is 10.9 Å². The Labute approximate surface area is 110 Å². The van der Waals surface area contributed by atoms with Gasteiger partial charge in [-0.1, -0.05) is 29.8 Å². The van der Waals surface area contributed by atoms with E-state index in [2.05, 4.69) is 0 Å². The fraction of sp³-hybridized carbons (Fsp3) is 0.0625. The van der Waals surface area contributed by atoms with E-state index in [1.807, 2.05) is 31.2 Å². The van der Waals surface area contributed by atoms with Gasteiger partial charge in [0.25, 0.3) is 0 Å². The third-order valence-electron chi connectivity index (χ3n) is 3.09. The van der Waals surface area contributed by atoms with Crippen molar-refractivity contribution in [2.75, 3.05) is 0 Å². The van der Waals surface area contributed by atoms with E-state index < -0.39 is 5.97 Å². The van der Waals surface area contributed by atoms with Crippen molar-refractivity contribution in [2.24, 2.45) is 0 Å². The maximum absolute atomic E-state index is 11.2. The van der Waals surface area contributed by atoms with Gasteiger partial charge in [-0.2, -0.15) is 0 Å². The van der Waals surface area contributed by atoms with E-state index in [1.165, 1.54) is 0 Å². The minimum Gasteiger partial charge on any atom is -0.478 e. The first-order chi connectivity index (χ1) is 9.15. The summed E-state index contributed by atoms with van der Waals surface area (Å²) in [6, 6.07) is 14.6. The third kappa shape index (κ3) is 1.99. The van der Waals surface area contributed by atoms with Crippen LogP contribution in [0.3, 0.4) is 0 Å². The molecule has 0 radical (unpaired) electrons. The Bertz CT molecular complexity index is 769. The van der Waals surface area contributed by atoms with E-state index in [4.69, 9.17) is 4.42 Å². The monoisotopic (exact) mass is 252 g/mol. The number of aryl methyl sites for hydroxylation is 1. The maximum atomic E-state index is 11.2. The molecule has 0 aliphatic heterocycles. The number of carboxylic acids is 1. The number of fused-ring (bicyclic) bond motifs is 1. The van der Waals surface area contributed by atoms with Crippen LogP contribution >= 0.6 is 0 Å². The summed E-state index contributed by atoms with van der Waals surface area (Å²) in [6.07, 6.45) is 0. The van der Waals surface area contributed by atoms with Crippen molar-refractivity contribution in [3.05, 3.63) is 59.7 Å². The second kappa shape index (κ2) is 4.28. The number of hydrogen-bond donors (Lipinski definition) is 1. The van der Waals surface area contributed by atoms with Crippen LogP contribution in [0.4, 0.5) is 0 Å². The molecule has 3 heteroatoms. The van der Waals surface area contributed by atoms with Gasteiger partial charge in [-0.05, 0) is 31.2 Å². The SMILES string of the molecule is Cc1ccc2oc(-c3ccccc3C(=O)O)cc2c1. The van der Waals surface area contributed by atoms with Gasteiger partial charge < -0.3 is 9.52 Å². The fourth-order valence-corrected chi connectivity index (χ4v) is 2.18. The van der Waals surface area contributed by atoms with Crippen molar-refractivity contribution in [1.29, 1.82) is 0 Å². The molecule has 1 N–H and O–H groups in total. The summed E-state index contributed by atoms with van der Waals surface area (Å²) in [4.78, 5) is 11.2. The average Bonchev–Trinajstić information content (AvgIpc) is 2.81. The molecule has 1 heterocycles. The zero-order valence-corrected chi connectivity index (χ0v) is 10.4. The third-order valence-corrected chi connectivity index (χ3v) is 3.09. The summed E-state index contributed by atoms with van der Waals surface area (Å²) < 4.78 is 5.74. The van der Waals surface area contributed by atoms with E-state index in [0.29, 0.717) is 11.3 Å². The van der Waals surface area contributed by atoms with Gasteiger partial charge in [-0.25, -0.2) is 4.79 Å². The van der Waals surface area contributed by atoms with Gasteiger partial charge in [0.05, 0.1) is 5.56 Å². The Morgan fingerprint density at radius 1 is 1.11 bits per heavy atom. The molecule has 19 heavy (non-hydrogen) atoms. The van der Waals surface area contributed by atoms with Crippen LogP contribution in [0, 0.1) is 6.92 Å². The van der Waals surface area contributed by atoms with Crippen LogP contribution in [0.25, 0.3) is 22.3 Å². The van der Waals surface area contributed by atoms with Gasteiger partial charge in [-0.3, -0.25) is 0 Å².